The molecule has 0 saturated carbocycles. The van der Waals surface area contributed by atoms with Crippen LogP contribution in [0, 0.1) is 6.57 Å². The normalized spacial score (nSPS) is 12.5. The second-order valence-corrected chi connectivity index (χ2v) is 3.67. The van der Waals surface area contributed by atoms with Crippen molar-refractivity contribution in [2.24, 2.45) is 0 Å². The summed E-state index contributed by atoms with van der Waals surface area (Å²) in [5.74, 6) is 0. The van der Waals surface area contributed by atoms with Crippen LogP contribution in [0.2, 0.25) is 0 Å². The average Bonchev–Trinajstić information content (AvgIpc) is 2.05. The van der Waals surface area contributed by atoms with Gasteiger partial charge in [-0.25, -0.2) is 6.57 Å². The molecule has 0 saturated heterocycles. The van der Waals surface area contributed by atoms with Crippen LogP contribution in [0.5, 0.6) is 0 Å². The van der Waals surface area contributed by atoms with Crippen molar-refractivity contribution in [1.82, 2.24) is 0 Å². The summed E-state index contributed by atoms with van der Waals surface area (Å²) in [7, 11) is 0. The van der Waals surface area contributed by atoms with E-state index in [1.54, 1.807) is 0 Å². The van der Waals surface area contributed by atoms with Crippen molar-refractivity contribution >= 4 is 22.6 Å². The molecule has 0 aromatic rings. The molecular formula is C9H16IN. The molecule has 0 heterocycles. The minimum atomic E-state index is 0.285. The van der Waals surface area contributed by atoms with Gasteiger partial charge in [0.2, 0.25) is 6.04 Å². The van der Waals surface area contributed by atoms with E-state index < -0.39 is 0 Å². The van der Waals surface area contributed by atoms with E-state index in [-0.39, 0.29) is 6.04 Å². The summed E-state index contributed by atoms with van der Waals surface area (Å²) in [6.07, 6.45) is 6.26. The topological polar surface area (TPSA) is 4.36 Å². The van der Waals surface area contributed by atoms with Crippen molar-refractivity contribution in [2.75, 3.05) is 4.43 Å². The SMILES string of the molecule is [C-]#[N+]C(CI)CCCCCC. The van der Waals surface area contributed by atoms with E-state index in [0.29, 0.717) is 0 Å². The lowest BCUT2D eigenvalue weighted by atomic mass is 10.1. The summed E-state index contributed by atoms with van der Waals surface area (Å²) >= 11 is 2.30. The molecule has 0 aliphatic carbocycles. The highest BCUT2D eigenvalue weighted by molar-refractivity contribution is 14.1. The number of halogens is 1. The summed E-state index contributed by atoms with van der Waals surface area (Å²) < 4.78 is 0.993. The maximum atomic E-state index is 6.86. The lowest BCUT2D eigenvalue weighted by Gasteiger charge is -2.00. The largest absolute Gasteiger partial charge is 0.313 e. The van der Waals surface area contributed by atoms with Gasteiger partial charge in [-0.1, -0.05) is 48.8 Å². The van der Waals surface area contributed by atoms with Crippen LogP contribution in [0.4, 0.5) is 0 Å². The van der Waals surface area contributed by atoms with Gasteiger partial charge in [-0.05, 0) is 6.42 Å². The van der Waals surface area contributed by atoms with E-state index in [4.69, 9.17) is 6.57 Å². The van der Waals surface area contributed by atoms with Crippen LogP contribution in [-0.4, -0.2) is 10.5 Å². The first-order chi connectivity index (χ1) is 5.35. The number of rotatable bonds is 6. The van der Waals surface area contributed by atoms with Gasteiger partial charge in [0.15, 0.2) is 0 Å². The van der Waals surface area contributed by atoms with Gasteiger partial charge < -0.3 is 4.85 Å². The molecule has 0 amide bonds. The van der Waals surface area contributed by atoms with Gasteiger partial charge in [-0.3, -0.25) is 0 Å². The molecule has 0 fully saturated rings. The molecule has 0 radical (unpaired) electrons. The summed E-state index contributed by atoms with van der Waals surface area (Å²) in [4.78, 5) is 3.55. The van der Waals surface area contributed by atoms with Gasteiger partial charge >= 0.3 is 0 Å². The Morgan fingerprint density at radius 3 is 2.55 bits per heavy atom. The molecule has 1 nitrogen and oxygen atoms in total. The zero-order valence-corrected chi connectivity index (χ0v) is 9.30. The van der Waals surface area contributed by atoms with Crippen molar-refractivity contribution in [3.05, 3.63) is 11.4 Å². The molecule has 2 heteroatoms. The number of hydrogen-bond acceptors (Lipinski definition) is 0. The van der Waals surface area contributed by atoms with Crippen molar-refractivity contribution in [1.29, 1.82) is 0 Å². The number of alkyl halides is 1. The van der Waals surface area contributed by atoms with E-state index in [2.05, 4.69) is 34.4 Å². The maximum Gasteiger partial charge on any atom is 0.232 e. The summed E-state index contributed by atoms with van der Waals surface area (Å²) in [6.45, 7) is 9.07. The first-order valence-electron chi connectivity index (χ1n) is 4.27. The lowest BCUT2D eigenvalue weighted by molar-refractivity contribution is 0.613. The van der Waals surface area contributed by atoms with Gasteiger partial charge in [0.1, 0.15) is 0 Å². The van der Waals surface area contributed by atoms with Crippen LogP contribution < -0.4 is 0 Å². The molecule has 0 aromatic carbocycles. The minimum absolute atomic E-state index is 0.285. The van der Waals surface area contributed by atoms with E-state index >= 15 is 0 Å². The summed E-state index contributed by atoms with van der Waals surface area (Å²) in [5, 5.41) is 0. The van der Waals surface area contributed by atoms with E-state index in [0.717, 1.165) is 10.8 Å². The van der Waals surface area contributed by atoms with E-state index in [1.165, 1.54) is 25.7 Å². The molecular weight excluding hydrogens is 249 g/mol. The van der Waals surface area contributed by atoms with Crippen LogP contribution in [0.1, 0.15) is 39.0 Å². The third-order valence-corrected chi connectivity index (χ3v) is 2.77. The van der Waals surface area contributed by atoms with Gasteiger partial charge in [-0.15, -0.1) is 0 Å². The van der Waals surface area contributed by atoms with Crippen LogP contribution in [0.15, 0.2) is 0 Å². The van der Waals surface area contributed by atoms with Crippen molar-refractivity contribution in [2.45, 2.75) is 45.1 Å². The zero-order valence-electron chi connectivity index (χ0n) is 7.15. The van der Waals surface area contributed by atoms with Gasteiger partial charge in [-0.2, -0.15) is 0 Å². The van der Waals surface area contributed by atoms with Crippen molar-refractivity contribution in [3.63, 3.8) is 0 Å². The van der Waals surface area contributed by atoms with Gasteiger partial charge in [0.25, 0.3) is 0 Å². The Morgan fingerprint density at radius 1 is 1.36 bits per heavy atom. The Hall–Kier alpha value is 0.220. The van der Waals surface area contributed by atoms with E-state index in [1.807, 2.05) is 0 Å². The highest BCUT2D eigenvalue weighted by atomic mass is 127. The van der Waals surface area contributed by atoms with Crippen molar-refractivity contribution in [3.8, 4) is 0 Å². The molecule has 0 bridgehead atoms. The smallest absolute Gasteiger partial charge is 0.232 e. The molecule has 1 atom stereocenters. The predicted molar refractivity (Wildman–Crippen MR) is 58.0 cm³/mol. The fourth-order valence-electron chi connectivity index (χ4n) is 0.983. The lowest BCUT2D eigenvalue weighted by Crippen LogP contribution is -2.02. The third-order valence-electron chi connectivity index (χ3n) is 1.75. The predicted octanol–water partition coefficient (Wildman–Crippen LogP) is 3.68. The Kier molecular flexibility index (Phi) is 8.48. The molecule has 0 aliphatic heterocycles. The van der Waals surface area contributed by atoms with Crippen LogP contribution in [-0.2, 0) is 0 Å². The zero-order chi connectivity index (χ0) is 8.53. The first-order valence-corrected chi connectivity index (χ1v) is 5.80. The number of unbranched alkanes of at least 4 members (excludes halogenated alkanes) is 3. The second kappa shape index (κ2) is 8.32. The maximum absolute atomic E-state index is 6.86. The quantitative estimate of drug-likeness (QED) is 0.298. The Labute approximate surface area is 83.5 Å². The molecule has 0 N–H and O–H groups in total. The van der Waals surface area contributed by atoms with Crippen LogP contribution >= 0.6 is 22.6 Å². The molecule has 11 heavy (non-hydrogen) atoms. The highest BCUT2D eigenvalue weighted by Gasteiger charge is 2.08. The monoisotopic (exact) mass is 265 g/mol. The minimum Gasteiger partial charge on any atom is -0.313 e. The van der Waals surface area contributed by atoms with Gasteiger partial charge in [0, 0.05) is 6.42 Å². The molecule has 64 valence electrons. The Bertz CT molecular complexity index is 117. The molecule has 0 aromatic heterocycles. The Balaban J connectivity index is 3.16. The van der Waals surface area contributed by atoms with Crippen molar-refractivity contribution < 1.29 is 0 Å². The molecule has 0 aliphatic rings. The molecule has 0 rings (SSSR count). The highest BCUT2D eigenvalue weighted by Crippen LogP contribution is 2.09. The van der Waals surface area contributed by atoms with E-state index in [9.17, 15) is 0 Å². The average molecular weight is 265 g/mol. The van der Waals surface area contributed by atoms with Gasteiger partial charge in [0.05, 0.1) is 4.43 Å². The second-order valence-electron chi connectivity index (χ2n) is 2.79. The van der Waals surface area contributed by atoms with Crippen LogP contribution in [0.3, 0.4) is 0 Å². The Morgan fingerprint density at radius 2 is 2.09 bits per heavy atom. The summed E-state index contributed by atoms with van der Waals surface area (Å²) in [5.41, 5.74) is 0. The molecule has 0 spiro atoms. The summed E-state index contributed by atoms with van der Waals surface area (Å²) in [6, 6.07) is 0.285. The molecule has 1 unspecified atom stereocenters. The first kappa shape index (κ1) is 11.2. The number of nitrogens with zero attached hydrogens (tertiary/aromatic N) is 1. The standard InChI is InChI=1S/C9H16IN/c1-3-4-5-6-7-9(8-10)11-2/h9H,3-8H2,1H3. The fourth-order valence-corrected chi connectivity index (χ4v) is 1.62. The third kappa shape index (κ3) is 6.61. The van der Waals surface area contributed by atoms with Crippen LogP contribution in [0.25, 0.3) is 4.85 Å². The number of hydrogen-bond donors (Lipinski definition) is 0. The fraction of sp³-hybridized carbons (Fsp3) is 0.889.